The van der Waals surface area contributed by atoms with Gasteiger partial charge < -0.3 is 9.15 Å². The summed E-state index contributed by atoms with van der Waals surface area (Å²) in [6, 6.07) is 15.5. The first-order valence-electron chi connectivity index (χ1n) is 6.96. The van der Waals surface area contributed by atoms with E-state index in [1.54, 1.807) is 31.0 Å². The first-order valence-corrected chi connectivity index (χ1v) is 7.94. The molecule has 0 saturated heterocycles. The van der Waals surface area contributed by atoms with Crippen molar-refractivity contribution >= 4 is 22.7 Å². The number of ether oxygens (including phenoxy) is 1. The molecule has 0 aliphatic carbocycles. The van der Waals surface area contributed by atoms with Crippen LogP contribution in [0.15, 0.2) is 62.6 Å². The summed E-state index contributed by atoms with van der Waals surface area (Å²) in [6.07, 6.45) is 0. The maximum atomic E-state index is 11.7. The van der Waals surface area contributed by atoms with E-state index >= 15 is 0 Å². The molecule has 112 valence electrons. The fraction of sp³-hybridized carbons (Fsp3) is 0.167. The van der Waals surface area contributed by atoms with Crippen molar-refractivity contribution < 1.29 is 9.15 Å². The van der Waals surface area contributed by atoms with E-state index in [1.165, 1.54) is 10.5 Å². The number of hydrogen-bond donors (Lipinski definition) is 0. The zero-order valence-electron chi connectivity index (χ0n) is 12.5. The Morgan fingerprint density at radius 1 is 1.09 bits per heavy atom. The maximum absolute atomic E-state index is 11.7. The first-order chi connectivity index (χ1) is 10.7. The number of benzene rings is 2. The van der Waals surface area contributed by atoms with Crippen molar-refractivity contribution in [3.63, 3.8) is 0 Å². The molecule has 22 heavy (non-hydrogen) atoms. The third-order valence-electron chi connectivity index (χ3n) is 3.45. The van der Waals surface area contributed by atoms with Crippen LogP contribution in [0.2, 0.25) is 0 Å². The minimum absolute atomic E-state index is 0.333. The third-order valence-corrected chi connectivity index (χ3v) is 4.51. The Labute approximate surface area is 132 Å². The Morgan fingerprint density at radius 3 is 2.59 bits per heavy atom. The molecule has 0 aliphatic rings. The van der Waals surface area contributed by atoms with E-state index in [4.69, 9.17) is 9.15 Å². The summed E-state index contributed by atoms with van der Waals surface area (Å²) in [5.74, 6) is 1.40. The standard InChI is InChI=1S/C18H16O3S/c1-12-3-6-15(7-4-12)22-11-13-9-18(19)21-17-10-14(20-2)5-8-16(13)17/h3-10H,11H2,1-2H3. The van der Waals surface area contributed by atoms with Gasteiger partial charge in [-0.25, -0.2) is 4.79 Å². The molecule has 3 aromatic rings. The number of rotatable bonds is 4. The summed E-state index contributed by atoms with van der Waals surface area (Å²) >= 11 is 1.70. The highest BCUT2D eigenvalue weighted by Gasteiger charge is 2.07. The second-order valence-corrected chi connectivity index (χ2v) is 6.10. The fourth-order valence-electron chi connectivity index (χ4n) is 2.25. The molecule has 0 unspecified atom stereocenters. The summed E-state index contributed by atoms with van der Waals surface area (Å²) in [5, 5.41) is 0.944. The normalized spacial score (nSPS) is 10.8. The monoisotopic (exact) mass is 312 g/mol. The predicted octanol–water partition coefficient (Wildman–Crippen LogP) is 4.40. The number of methoxy groups -OCH3 is 1. The number of hydrogen-bond acceptors (Lipinski definition) is 4. The smallest absolute Gasteiger partial charge is 0.336 e. The predicted molar refractivity (Wildman–Crippen MR) is 89.8 cm³/mol. The van der Waals surface area contributed by atoms with Gasteiger partial charge in [0.25, 0.3) is 0 Å². The summed E-state index contributed by atoms with van der Waals surface area (Å²) in [6.45, 7) is 2.07. The maximum Gasteiger partial charge on any atom is 0.336 e. The third kappa shape index (κ3) is 3.17. The van der Waals surface area contributed by atoms with Crippen molar-refractivity contribution in [1.82, 2.24) is 0 Å². The molecule has 4 heteroatoms. The molecule has 3 rings (SSSR count). The van der Waals surface area contributed by atoms with Crippen molar-refractivity contribution in [3.05, 3.63) is 70.1 Å². The van der Waals surface area contributed by atoms with Gasteiger partial charge >= 0.3 is 5.63 Å². The lowest BCUT2D eigenvalue weighted by atomic mass is 10.1. The molecule has 1 heterocycles. The Bertz CT molecular complexity index is 850. The van der Waals surface area contributed by atoms with Crippen LogP contribution in [-0.4, -0.2) is 7.11 Å². The summed E-state index contributed by atoms with van der Waals surface area (Å²) in [5.41, 5.74) is 2.44. The van der Waals surface area contributed by atoms with Crippen molar-refractivity contribution in [3.8, 4) is 5.75 Å². The molecule has 0 spiro atoms. The molecule has 0 fully saturated rings. The second kappa shape index (κ2) is 6.28. The summed E-state index contributed by atoms with van der Waals surface area (Å²) in [4.78, 5) is 12.9. The molecular formula is C18H16O3S. The topological polar surface area (TPSA) is 39.4 Å². The zero-order valence-corrected chi connectivity index (χ0v) is 13.3. The Morgan fingerprint density at radius 2 is 1.86 bits per heavy atom. The Kier molecular flexibility index (Phi) is 4.20. The molecule has 0 radical (unpaired) electrons. The van der Waals surface area contributed by atoms with Crippen LogP contribution >= 0.6 is 11.8 Å². The van der Waals surface area contributed by atoms with E-state index in [-0.39, 0.29) is 5.63 Å². The molecule has 0 saturated carbocycles. The van der Waals surface area contributed by atoms with Crippen molar-refractivity contribution in [2.45, 2.75) is 17.6 Å². The average molecular weight is 312 g/mol. The molecule has 0 atom stereocenters. The molecule has 1 aromatic heterocycles. The molecule has 3 nitrogen and oxygen atoms in total. The van der Waals surface area contributed by atoms with E-state index < -0.39 is 0 Å². The van der Waals surface area contributed by atoms with Gasteiger partial charge in [-0.2, -0.15) is 0 Å². The number of aryl methyl sites for hydroxylation is 1. The first kappa shape index (κ1) is 14.7. The van der Waals surface area contributed by atoms with Crippen LogP contribution in [0.3, 0.4) is 0 Å². The SMILES string of the molecule is COc1ccc2c(CSc3ccc(C)cc3)cc(=O)oc2c1. The minimum Gasteiger partial charge on any atom is -0.497 e. The highest BCUT2D eigenvalue weighted by molar-refractivity contribution is 7.98. The largest absolute Gasteiger partial charge is 0.497 e. The van der Waals surface area contributed by atoms with Crippen LogP contribution in [0, 0.1) is 6.92 Å². The van der Waals surface area contributed by atoms with Crippen LogP contribution in [-0.2, 0) is 5.75 Å². The summed E-state index contributed by atoms with van der Waals surface area (Å²) < 4.78 is 10.4. The summed E-state index contributed by atoms with van der Waals surface area (Å²) in [7, 11) is 1.59. The van der Waals surface area contributed by atoms with E-state index in [9.17, 15) is 4.79 Å². The van der Waals surface area contributed by atoms with Crippen LogP contribution in [0.1, 0.15) is 11.1 Å². The second-order valence-electron chi connectivity index (χ2n) is 5.05. The number of fused-ring (bicyclic) bond motifs is 1. The van der Waals surface area contributed by atoms with E-state index in [1.807, 2.05) is 12.1 Å². The highest BCUT2D eigenvalue weighted by Crippen LogP contribution is 2.28. The average Bonchev–Trinajstić information content (AvgIpc) is 2.53. The van der Waals surface area contributed by atoms with Gasteiger partial charge in [0.1, 0.15) is 11.3 Å². The Balaban J connectivity index is 1.92. The van der Waals surface area contributed by atoms with Crippen molar-refractivity contribution in [2.24, 2.45) is 0 Å². The van der Waals surface area contributed by atoms with Crippen LogP contribution in [0.5, 0.6) is 5.75 Å². The molecule has 2 aromatic carbocycles. The van der Waals surface area contributed by atoms with Gasteiger partial charge in [0.05, 0.1) is 7.11 Å². The quantitative estimate of drug-likeness (QED) is 0.529. The lowest BCUT2D eigenvalue weighted by Crippen LogP contribution is -2.00. The van der Waals surface area contributed by atoms with E-state index in [0.717, 1.165) is 16.7 Å². The van der Waals surface area contributed by atoms with Crippen molar-refractivity contribution in [1.29, 1.82) is 0 Å². The lowest BCUT2D eigenvalue weighted by molar-refractivity contribution is 0.414. The van der Waals surface area contributed by atoms with Gasteiger partial charge in [-0.05, 0) is 36.8 Å². The van der Waals surface area contributed by atoms with Crippen molar-refractivity contribution in [2.75, 3.05) is 7.11 Å². The van der Waals surface area contributed by atoms with Crippen LogP contribution in [0.4, 0.5) is 0 Å². The molecule has 0 N–H and O–H groups in total. The van der Waals surface area contributed by atoms with Crippen LogP contribution < -0.4 is 10.4 Å². The van der Waals surface area contributed by atoms with Gasteiger partial charge in [0, 0.05) is 28.2 Å². The number of thioether (sulfide) groups is 1. The van der Waals surface area contributed by atoms with Gasteiger partial charge in [0.15, 0.2) is 0 Å². The lowest BCUT2D eigenvalue weighted by Gasteiger charge is -2.07. The zero-order chi connectivity index (χ0) is 15.5. The molecule has 0 amide bonds. The fourth-order valence-corrected chi connectivity index (χ4v) is 3.14. The van der Waals surface area contributed by atoms with Gasteiger partial charge in [-0.15, -0.1) is 11.8 Å². The molecule has 0 aliphatic heterocycles. The highest BCUT2D eigenvalue weighted by atomic mass is 32.2. The molecular weight excluding hydrogens is 296 g/mol. The van der Waals surface area contributed by atoms with Gasteiger partial charge in [0.2, 0.25) is 0 Å². The molecule has 0 bridgehead atoms. The minimum atomic E-state index is -0.333. The van der Waals surface area contributed by atoms with Crippen LogP contribution in [0.25, 0.3) is 11.0 Å². The Hall–Kier alpha value is -2.20. The van der Waals surface area contributed by atoms with E-state index in [0.29, 0.717) is 11.3 Å². The van der Waals surface area contributed by atoms with Gasteiger partial charge in [-0.1, -0.05) is 17.7 Å². The van der Waals surface area contributed by atoms with Gasteiger partial charge in [-0.3, -0.25) is 0 Å². The van der Waals surface area contributed by atoms with E-state index in [2.05, 4.69) is 31.2 Å².